The van der Waals surface area contributed by atoms with Crippen LogP contribution in [0.15, 0.2) is 55.0 Å². The van der Waals surface area contributed by atoms with Crippen LogP contribution in [0.3, 0.4) is 0 Å². The molecule has 1 atom stereocenters. The molecule has 2 aromatic carbocycles. The van der Waals surface area contributed by atoms with Gasteiger partial charge in [-0.05, 0) is 43.7 Å². The average Bonchev–Trinajstić information content (AvgIpc) is 3.16. The summed E-state index contributed by atoms with van der Waals surface area (Å²) in [5.74, 6) is 0.894. The third kappa shape index (κ3) is 4.41. The van der Waals surface area contributed by atoms with E-state index in [4.69, 9.17) is 4.74 Å². The van der Waals surface area contributed by atoms with Crippen molar-refractivity contribution >= 4 is 5.69 Å². The monoisotopic (exact) mass is 390 g/mol. The van der Waals surface area contributed by atoms with Gasteiger partial charge in [0.2, 0.25) is 0 Å². The molecule has 6 heteroatoms. The lowest BCUT2D eigenvalue weighted by atomic mass is 9.95. The van der Waals surface area contributed by atoms with Gasteiger partial charge in [0.25, 0.3) is 0 Å². The Kier molecular flexibility index (Phi) is 6.53. The van der Waals surface area contributed by atoms with Gasteiger partial charge in [-0.25, -0.2) is 4.98 Å². The fourth-order valence-electron chi connectivity index (χ4n) is 3.46. The first-order valence-electron chi connectivity index (χ1n) is 9.75. The van der Waals surface area contributed by atoms with E-state index in [0.717, 1.165) is 30.0 Å². The maximum Gasteiger partial charge on any atom is 0.145 e. The average molecular weight is 390 g/mol. The van der Waals surface area contributed by atoms with E-state index < -0.39 is 0 Å². The quantitative estimate of drug-likeness (QED) is 0.628. The van der Waals surface area contributed by atoms with Gasteiger partial charge in [0.05, 0.1) is 18.5 Å². The molecule has 3 aromatic rings. The van der Waals surface area contributed by atoms with Crippen molar-refractivity contribution in [1.29, 1.82) is 5.26 Å². The first kappa shape index (κ1) is 20.4. The van der Waals surface area contributed by atoms with E-state index in [2.05, 4.69) is 29.8 Å². The summed E-state index contributed by atoms with van der Waals surface area (Å²) in [6.07, 6.45) is 3.45. The largest absolute Gasteiger partial charge is 0.456 e. The van der Waals surface area contributed by atoms with E-state index in [-0.39, 0.29) is 12.5 Å². The van der Waals surface area contributed by atoms with Crippen molar-refractivity contribution in [2.75, 3.05) is 24.6 Å². The van der Waals surface area contributed by atoms with E-state index in [1.165, 1.54) is 0 Å². The van der Waals surface area contributed by atoms with Gasteiger partial charge in [-0.1, -0.05) is 12.1 Å². The molecule has 1 unspecified atom stereocenters. The number of anilines is 1. The number of imidazole rings is 1. The third-order valence-electron chi connectivity index (χ3n) is 5.10. The predicted octanol–water partition coefficient (Wildman–Crippen LogP) is 4.05. The summed E-state index contributed by atoms with van der Waals surface area (Å²) >= 11 is 0. The Morgan fingerprint density at radius 3 is 2.62 bits per heavy atom. The van der Waals surface area contributed by atoms with Gasteiger partial charge in [0.15, 0.2) is 0 Å². The lowest BCUT2D eigenvalue weighted by Crippen LogP contribution is -2.21. The molecule has 29 heavy (non-hydrogen) atoms. The summed E-state index contributed by atoms with van der Waals surface area (Å²) in [6, 6.07) is 15.5. The summed E-state index contributed by atoms with van der Waals surface area (Å²) in [5.41, 5.74) is 3.28. The number of nitrogens with zero attached hydrogens (tertiary/aromatic N) is 4. The fourth-order valence-corrected chi connectivity index (χ4v) is 3.46. The Balaban J connectivity index is 1.95. The Hall–Kier alpha value is -3.30. The van der Waals surface area contributed by atoms with Crippen LogP contribution in [0.4, 0.5) is 5.69 Å². The highest BCUT2D eigenvalue weighted by Crippen LogP contribution is 2.32. The van der Waals surface area contributed by atoms with E-state index in [0.29, 0.717) is 17.1 Å². The van der Waals surface area contributed by atoms with Crippen LogP contribution >= 0.6 is 0 Å². The number of aromatic nitrogens is 2. The minimum Gasteiger partial charge on any atom is -0.456 e. The van der Waals surface area contributed by atoms with Gasteiger partial charge >= 0.3 is 0 Å². The topological polar surface area (TPSA) is 74.3 Å². The molecular weight excluding hydrogens is 364 g/mol. The molecule has 0 saturated heterocycles. The highest BCUT2D eigenvalue weighted by atomic mass is 16.5. The molecule has 0 bridgehead atoms. The van der Waals surface area contributed by atoms with Crippen LogP contribution in [0.5, 0.6) is 11.5 Å². The molecule has 1 N–H and O–H groups in total. The number of ether oxygens (including phenoxy) is 1. The van der Waals surface area contributed by atoms with Gasteiger partial charge in [0, 0.05) is 49.7 Å². The summed E-state index contributed by atoms with van der Waals surface area (Å²) < 4.78 is 7.99. The molecule has 0 aliphatic rings. The Labute approximate surface area is 171 Å². The normalized spacial score (nSPS) is 11.7. The van der Waals surface area contributed by atoms with Crippen molar-refractivity contribution in [2.24, 2.45) is 7.05 Å². The molecule has 150 valence electrons. The number of aliphatic hydroxyl groups excluding tert-OH is 1. The van der Waals surface area contributed by atoms with E-state index in [1.54, 1.807) is 18.6 Å². The number of hydrogen-bond donors (Lipinski definition) is 1. The number of rotatable bonds is 8. The fraction of sp³-hybridized carbons (Fsp3) is 0.304. The van der Waals surface area contributed by atoms with Gasteiger partial charge in [-0.2, -0.15) is 5.26 Å². The summed E-state index contributed by atoms with van der Waals surface area (Å²) in [4.78, 5) is 6.38. The number of nitriles is 1. The lowest BCUT2D eigenvalue weighted by Gasteiger charge is -2.22. The maximum atomic E-state index is 9.98. The molecule has 3 rings (SSSR count). The van der Waals surface area contributed by atoms with E-state index in [9.17, 15) is 10.4 Å². The van der Waals surface area contributed by atoms with Crippen LogP contribution in [-0.2, 0) is 7.05 Å². The van der Waals surface area contributed by atoms with Gasteiger partial charge < -0.3 is 19.3 Å². The van der Waals surface area contributed by atoms with Crippen molar-refractivity contribution in [3.05, 3.63) is 71.8 Å². The Morgan fingerprint density at radius 2 is 2.00 bits per heavy atom. The Bertz CT molecular complexity index is 1000. The molecular formula is C23H26N4O2. The summed E-state index contributed by atoms with van der Waals surface area (Å²) in [6.45, 7) is 5.97. The second-order valence-electron chi connectivity index (χ2n) is 6.80. The maximum absolute atomic E-state index is 9.98. The zero-order valence-electron chi connectivity index (χ0n) is 17.0. The predicted molar refractivity (Wildman–Crippen MR) is 113 cm³/mol. The molecule has 0 radical (unpaired) electrons. The zero-order chi connectivity index (χ0) is 20.8. The molecule has 1 heterocycles. The SMILES string of the molecule is CCN(CC)c1cccc(Oc2cc(C(CO)c3cncn3C)ccc2C#N)c1. The van der Waals surface area contributed by atoms with Crippen LogP contribution in [0.2, 0.25) is 0 Å². The Morgan fingerprint density at radius 1 is 1.21 bits per heavy atom. The minimum absolute atomic E-state index is 0.0671. The van der Waals surface area contributed by atoms with E-state index in [1.807, 2.05) is 48.0 Å². The lowest BCUT2D eigenvalue weighted by molar-refractivity contribution is 0.277. The second-order valence-corrected chi connectivity index (χ2v) is 6.80. The third-order valence-corrected chi connectivity index (χ3v) is 5.10. The van der Waals surface area contributed by atoms with Crippen LogP contribution in [0.25, 0.3) is 0 Å². The van der Waals surface area contributed by atoms with Crippen LogP contribution in [-0.4, -0.2) is 34.4 Å². The van der Waals surface area contributed by atoms with Crippen LogP contribution in [0, 0.1) is 11.3 Å². The van der Waals surface area contributed by atoms with Gasteiger partial charge in [-0.15, -0.1) is 0 Å². The number of benzene rings is 2. The van der Waals surface area contributed by atoms with Crippen molar-refractivity contribution in [3.8, 4) is 17.6 Å². The zero-order valence-corrected chi connectivity index (χ0v) is 17.0. The molecule has 0 fully saturated rings. The van der Waals surface area contributed by atoms with Crippen LogP contribution in [0.1, 0.15) is 36.6 Å². The molecule has 6 nitrogen and oxygen atoms in total. The summed E-state index contributed by atoms with van der Waals surface area (Å²) in [7, 11) is 1.89. The number of hydrogen-bond acceptors (Lipinski definition) is 5. The molecule has 0 aliphatic carbocycles. The minimum atomic E-state index is -0.250. The standard InChI is InChI=1S/C23H26N4O2/c1-4-27(5-2)19-7-6-8-20(12-19)29-23-11-17(9-10-18(23)13-24)21(15-28)22-14-25-16-26(22)3/h6-12,14,16,21,28H,4-5,15H2,1-3H3. The number of aliphatic hydroxyl groups is 1. The molecule has 0 saturated carbocycles. The van der Waals surface area contributed by atoms with Crippen molar-refractivity contribution in [2.45, 2.75) is 19.8 Å². The van der Waals surface area contributed by atoms with Gasteiger partial charge in [0.1, 0.15) is 17.6 Å². The smallest absolute Gasteiger partial charge is 0.145 e. The van der Waals surface area contributed by atoms with Crippen molar-refractivity contribution in [1.82, 2.24) is 9.55 Å². The molecule has 0 aliphatic heterocycles. The van der Waals surface area contributed by atoms with Crippen molar-refractivity contribution in [3.63, 3.8) is 0 Å². The second kappa shape index (κ2) is 9.26. The molecule has 1 aromatic heterocycles. The molecule has 0 amide bonds. The highest BCUT2D eigenvalue weighted by Gasteiger charge is 2.19. The summed E-state index contributed by atoms with van der Waals surface area (Å²) in [5, 5.41) is 19.5. The highest BCUT2D eigenvalue weighted by molar-refractivity contribution is 5.53. The van der Waals surface area contributed by atoms with Crippen molar-refractivity contribution < 1.29 is 9.84 Å². The van der Waals surface area contributed by atoms with E-state index >= 15 is 0 Å². The van der Waals surface area contributed by atoms with Crippen LogP contribution < -0.4 is 9.64 Å². The molecule has 0 spiro atoms. The first-order valence-corrected chi connectivity index (χ1v) is 9.75. The number of aryl methyl sites for hydroxylation is 1. The first-order chi connectivity index (χ1) is 14.1. The van der Waals surface area contributed by atoms with Gasteiger partial charge in [-0.3, -0.25) is 0 Å².